The normalized spacial score (nSPS) is 19.0. The van der Waals surface area contributed by atoms with E-state index in [9.17, 15) is 13.7 Å². The fourth-order valence-corrected chi connectivity index (χ4v) is 1.96. The van der Waals surface area contributed by atoms with Gasteiger partial charge in [-0.15, -0.1) is 0 Å². The average Bonchev–Trinajstić information content (AvgIpc) is 2.74. The Bertz CT molecular complexity index is 451. The first-order valence-corrected chi connectivity index (χ1v) is 5.08. The van der Waals surface area contributed by atoms with E-state index in [0.717, 1.165) is 6.07 Å². The van der Waals surface area contributed by atoms with Crippen molar-refractivity contribution in [3.63, 3.8) is 0 Å². The monoisotopic (exact) mass is 243 g/mol. The van der Waals surface area contributed by atoms with Crippen LogP contribution in [0.4, 0.5) is 8.92 Å². The van der Waals surface area contributed by atoms with Gasteiger partial charge in [-0.1, -0.05) is 0 Å². The summed E-state index contributed by atoms with van der Waals surface area (Å²) < 4.78 is 31.0. The molecule has 0 aromatic heterocycles. The van der Waals surface area contributed by atoms with Crippen molar-refractivity contribution in [3.05, 3.63) is 23.5 Å². The van der Waals surface area contributed by atoms with Crippen molar-refractivity contribution in [2.24, 2.45) is 0 Å². The molecule has 1 aliphatic rings. The van der Waals surface area contributed by atoms with Crippen molar-refractivity contribution in [2.45, 2.75) is 12.3 Å². The number of hydrogen-bond donors (Lipinski definition) is 1. The van der Waals surface area contributed by atoms with Crippen LogP contribution in [0.5, 0.6) is 11.5 Å². The van der Waals surface area contributed by atoms with Crippen molar-refractivity contribution in [1.29, 1.82) is 0 Å². The van der Waals surface area contributed by atoms with Gasteiger partial charge in [-0.05, 0) is 0 Å². The predicted octanol–water partition coefficient (Wildman–Crippen LogP) is 1.70. The van der Waals surface area contributed by atoms with Crippen LogP contribution in [0.3, 0.4) is 0 Å². The number of rotatable bonds is 3. The largest absolute Gasteiger partial charge is 0.497 e. The molecule has 0 radical (unpaired) electrons. The van der Waals surface area contributed by atoms with Crippen molar-refractivity contribution in [2.75, 3.05) is 13.7 Å². The van der Waals surface area contributed by atoms with Gasteiger partial charge in [0.25, 0.3) is 0 Å². The van der Waals surface area contributed by atoms with E-state index >= 15 is 0 Å². The average molecular weight is 243 g/mol. The predicted molar refractivity (Wildman–Crippen MR) is 55.1 cm³/mol. The maximum absolute atomic E-state index is 13.8. The van der Waals surface area contributed by atoms with Gasteiger partial charge in [0.2, 0.25) is 5.91 Å². The fourth-order valence-electron chi connectivity index (χ4n) is 1.96. The minimum absolute atomic E-state index is 0.0617. The van der Waals surface area contributed by atoms with Crippen LogP contribution >= 0.6 is 0 Å². The number of carbonyl (C=O) groups excluding carboxylic acids is 1. The number of nitrogens with one attached hydrogen (secondary N) is 1. The van der Waals surface area contributed by atoms with E-state index in [-0.39, 0.29) is 35.9 Å². The standard InChI is InChI=1S/C11H11F2NO3/c1-16-7-3-8(12)11(9(4-7)17-13)6-2-10(15)14-5-6/h3-4,6H,2,5H2,1H3,(H,14,15)/t6-/m0/s1. The lowest BCUT2D eigenvalue weighted by Crippen LogP contribution is -2.14. The summed E-state index contributed by atoms with van der Waals surface area (Å²) in [6, 6.07) is 2.39. The highest BCUT2D eigenvalue weighted by Crippen LogP contribution is 2.36. The highest BCUT2D eigenvalue weighted by molar-refractivity contribution is 5.79. The number of amides is 1. The molecular weight excluding hydrogens is 232 g/mol. The number of carbonyl (C=O) groups is 1. The third-order valence-corrected chi connectivity index (χ3v) is 2.77. The second-order valence-corrected chi connectivity index (χ2v) is 3.80. The van der Waals surface area contributed by atoms with E-state index in [1.165, 1.54) is 13.2 Å². The van der Waals surface area contributed by atoms with Crippen LogP contribution < -0.4 is 15.0 Å². The molecule has 1 aromatic carbocycles. The van der Waals surface area contributed by atoms with Gasteiger partial charge in [0.05, 0.1) is 7.11 Å². The van der Waals surface area contributed by atoms with Crippen molar-refractivity contribution >= 4 is 5.91 Å². The summed E-state index contributed by atoms with van der Waals surface area (Å²) >= 11 is 0. The first kappa shape index (κ1) is 11.6. The Morgan fingerprint density at radius 3 is 2.76 bits per heavy atom. The Labute approximate surface area is 96.4 Å². The van der Waals surface area contributed by atoms with Crippen molar-refractivity contribution in [1.82, 2.24) is 5.32 Å². The molecule has 92 valence electrons. The molecular formula is C11H11F2NO3. The van der Waals surface area contributed by atoms with E-state index < -0.39 is 11.7 Å². The van der Waals surface area contributed by atoms with E-state index in [4.69, 9.17) is 4.74 Å². The zero-order valence-electron chi connectivity index (χ0n) is 9.13. The Morgan fingerprint density at radius 2 is 2.24 bits per heavy atom. The molecule has 1 aromatic rings. The van der Waals surface area contributed by atoms with Crippen LogP contribution in [0.15, 0.2) is 12.1 Å². The SMILES string of the molecule is COc1cc(F)c([C@@H]2CNC(=O)C2)c(OF)c1. The molecule has 1 atom stereocenters. The molecule has 0 aliphatic carbocycles. The topological polar surface area (TPSA) is 47.6 Å². The Kier molecular flexibility index (Phi) is 3.12. The van der Waals surface area contributed by atoms with Crippen LogP contribution in [-0.2, 0) is 4.79 Å². The number of methoxy groups -OCH3 is 1. The minimum Gasteiger partial charge on any atom is -0.497 e. The molecule has 1 heterocycles. The molecule has 17 heavy (non-hydrogen) atoms. The molecule has 0 saturated carbocycles. The molecule has 1 saturated heterocycles. The molecule has 1 N–H and O–H groups in total. The lowest BCUT2D eigenvalue weighted by Gasteiger charge is -2.13. The summed E-state index contributed by atoms with van der Waals surface area (Å²) in [6.07, 6.45) is 0.125. The second kappa shape index (κ2) is 4.57. The summed E-state index contributed by atoms with van der Waals surface area (Å²) in [7, 11) is 1.34. The third kappa shape index (κ3) is 2.15. The van der Waals surface area contributed by atoms with Crippen LogP contribution in [0.1, 0.15) is 17.9 Å². The summed E-state index contributed by atoms with van der Waals surface area (Å²) in [5.74, 6) is -1.33. The van der Waals surface area contributed by atoms with Crippen molar-refractivity contribution in [3.8, 4) is 11.5 Å². The fraction of sp³-hybridized carbons (Fsp3) is 0.364. The molecule has 0 unspecified atom stereocenters. The molecule has 2 rings (SSSR count). The smallest absolute Gasteiger partial charge is 0.220 e. The first-order chi connectivity index (χ1) is 8.15. The molecule has 0 spiro atoms. The number of halogens is 2. The number of ether oxygens (including phenoxy) is 1. The van der Waals surface area contributed by atoms with Gasteiger partial charge in [-0.25, -0.2) is 4.39 Å². The van der Waals surface area contributed by atoms with Gasteiger partial charge >= 0.3 is 0 Å². The highest BCUT2D eigenvalue weighted by atomic mass is 19.3. The van der Waals surface area contributed by atoms with Gasteiger partial charge in [-0.3, -0.25) is 9.74 Å². The quantitative estimate of drug-likeness (QED) is 0.879. The highest BCUT2D eigenvalue weighted by Gasteiger charge is 2.29. The second-order valence-electron chi connectivity index (χ2n) is 3.80. The Morgan fingerprint density at radius 1 is 1.47 bits per heavy atom. The molecule has 6 heteroatoms. The molecule has 1 aliphatic heterocycles. The van der Waals surface area contributed by atoms with Crippen LogP contribution in [0, 0.1) is 5.82 Å². The van der Waals surface area contributed by atoms with E-state index in [0.29, 0.717) is 0 Å². The van der Waals surface area contributed by atoms with E-state index in [1.54, 1.807) is 0 Å². The van der Waals surface area contributed by atoms with Crippen LogP contribution in [-0.4, -0.2) is 19.6 Å². The zero-order valence-corrected chi connectivity index (χ0v) is 9.13. The van der Waals surface area contributed by atoms with E-state index in [2.05, 4.69) is 10.3 Å². The van der Waals surface area contributed by atoms with E-state index in [1.807, 2.05) is 0 Å². The Balaban J connectivity index is 2.41. The van der Waals surface area contributed by atoms with Gasteiger partial charge in [0.15, 0.2) is 5.75 Å². The van der Waals surface area contributed by atoms with Gasteiger partial charge in [0.1, 0.15) is 11.6 Å². The molecule has 1 amide bonds. The first-order valence-electron chi connectivity index (χ1n) is 5.08. The lowest BCUT2D eigenvalue weighted by atomic mass is 9.96. The van der Waals surface area contributed by atoms with Crippen LogP contribution in [0.2, 0.25) is 0 Å². The molecule has 1 fully saturated rings. The van der Waals surface area contributed by atoms with Gasteiger partial charge < -0.3 is 10.1 Å². The zero-order chi connectivity index (χ0) is 12.4. The number of benzene rings is 1. The van der Waals surface area contributed by atoms with Gasteiger partial charge in [0, 0.05) is 41.1 Å². The van der Waals surface area contributed by atoms with Gasteiger partial charge in [-0.2, -0.15) is 0 Å². The third-order valence-electron chi connectivity index (χ3n) is 2.77. The summed E-state index contributed by atoms with van der Waals surface area (Å²) in [5.41, 5.74) is 0.0617. The molecule has 0 bridgehead atoms. The lowest BCUT2D eigenvalue weighted by molar-refractivity contribution is -0.119. The summed E-state index contributed by atoms with van der Waals surface area (Å²) in [5, 5.41) is 2.56. The van der Waals surface area contributed by atoms with Crippen LogP contribution in [0.25, 0.3) is 0 Å². The summed E-state index contributed by atoms with van der Waals surface area (Å²) in [6.45, 7) is 0.276. The van der Waals surface area contributed by atoms with Crippen molar-refractivity contribution < 1.29 is 23.4 Å². The number of hydrogen-bond acceptors (Lipinski definition) is 3. The Hall–Kier alpha value is -1.85. The maximum atomic E-state index is 13.8. The summed E-state index contributed by atoms with van der Waals surface area (Å²) in [4.78, 5) is 14.7. The maximum Gasteiger partial charge on any atom is 0.220 e. The molecule has 4 nitrogen and oxygen atoms in total. The minimum atomic E-state index is -0.640.